The molecule has 2 rings (SSSR count). The van der Waals surface area contributed by atoms with Gasteiger partial charge in [0.15, 0.2) is 0 Å². The highest BCUT2D eigenvalue weighted by Gasteiger charge is 2.37. The Bertz CT molecular complexity index is 503. The first-order chi connectivity index (χ1) is 8.15. The van der Waals surface area contributed by atoms with E-state index in [4.69, 9.17) is 12.2 Å². The number of pyridine rings is 1. The second-order valence-corrected chi connectivity index (χ2v) is 3.76. The second-order valence-electron chi connectivity index (χ2n) is 3.76. The number of amides is 2. The average molecular weight is 228 g/mol. The number of hydrogen-bond donors (Lipinski definition) is 1. The molecule has 5 heteroatoms. The van der Waals surface area contributed by atoms with Gasteiger partial charge in [0, 0.05) is 18.0 Å². The number of terminal acetylenes is 1. The van der Waals surface area contributed by atoms with Crippen molar-refractivity contribution in [1.29, 1.82) is 0 Å². The molecule has 1 aromatic heterocycles. The van der Waals surface area contributed by atoms with Gasteiger partial charge in [-0.3, -0.25) is 9.88 Å². The Morgan fingerprint density at radius 3 is 3.00 bits per heavy atom. The van der Waals surface area contributed by atoms with Crippen molar-refractivity contribution in [3.63, 3.8) is 0 Å². The van der Waals surface area contributed by atoms with E-state index in [0.29, 0.717) is 0 Å². The quantitative estimate of drug-likeness (QED) is 0.765. The predicted molar refractivity (Wildman–Crippen MR) is 64.1 cm³/mol. The number of aromatic nitrogens is 1. The van der Waals surface area contributed by atoms with Crippen LogP contribution in [0.1, 0.15) is 18.5 Å². The topological polar surface area (TPSA) is 71.6 Å². The van der Waals surface area contributed by atoms with E-state index in [1.54, 1.807) is 25.4 Å². The first-order valence-corrected chi connectivity index (χ1v) is 5.17. The fraction of sp³-hybridized carbons (Fsp3) is 0.250. The minimum Gasteiger partial charge on any atom is -0.385 e. The number of aliphatic imine (C=N–C) groups is 1. The lowest BCUT2D eigenvalue weighted by atomic mass is 10.1. The first kappa shape index (κ1) is 11.1. The van der Waals surface area contributed by atoms with Crippen LogP contribution in [-0.4, -0.2) is 27.8 Å². The molecule has 1 aliphatic rings. The number of rotatable bonds is 2. The Labute approximate surface area is 99.4 Å². The SMILES string of the molecule is C#CC(C)N1C(=O)N=C(N)C1c1cccnc1. The van der Waals surface area contributed by atoms with Gasteiger partial charge in [-0.25, -0.2) is 4.79 Å². The molecule has 2 heterocycles. The summed E-state index contributed by atoms with van der Waals surface area (Å²) in [5.74, 6) is 2.77. The molecule has 0 bridgehead atoms. The standard InChI is InChI=1S/C12H12N4O/c1-3-8(2)16-10(11(13)15-12(16)17)9-5-4-6-14-7-9/h1,4-8,10H,2H3,(H2,13,15,17). The molecule has 0 aromatic carbocycles. The molecule has 86 valence electrons. The van der Waals surface area contributed by atoms with Gasteiger partial charge < -0.3 is 5.73 Å². The number of urea groups is 1. The molecular weight excluding hydrogens is 216 g/mol. The molecule has 0 saturated heterocycles. The maximum absolute atomic E-state index is 11.7. The van der Waals surface area contributed by atoms with Crippen LogP contribution >= 0.6 is 0 Å². The van der Waals surface area contributed by atoms with Gasteiger partial charge in [-0.2, -0.15) is 4.99 Å². The second kappa shape index (κ2) is 4.26. The van der Waals surface area contributed by atoms with Crippen LogP contribution < -0.4 is 5.73 Å². The molecular formula is C12H12N4O. The number of carbonyl (C=O) groups is 1. The van der Waals surface area contributed by atoms with Gasteiger partial charge in [-0.05, 0) is 13.0 Å². The summed E-state index contributed by atoms with van der Waals surface area (Å²) in [4.78, 5) is 21.0. The Kier molecular flexibility index (Phi) is 2.79. The van der Waals surface area contributed by atoms with Gasteiger partial charge in [-0.15, -0.1) is 6.42 Å². The highest BCUT2D eigenvalue weighted by molar-refractivity contribution is 6.03. The fourth-order valence-electron chi connectivity index (χ4n) is 1.82. The molecule has 0 radical (unpaired) electrons. The normalized spacial score (nSPS) is 20.9. The summed E-state index contributed by atoms with van der Waals surface area (Å²) in [6.07, 6.45) is 8.66. The van der Waals surface area contributed by atoms with E-state index in [2.05, 4.69) is 15.9 Å². The van der Waals surface area contributed by atoms with Crippen molar-refractivity contribution in [2.24, 2.45) is 10.7 Å². The van der Waals surface area contributed by atoms with Crippen molar-refractivity contribution < 1.29 is 4.79 Å². The minimum atomic E-state index is -0.415. The fourth-order valence-corrected chi connectivity index (χ4v) is 1.82. The van der Waals surface area contributed by atoms with E-state index in [-0.39, 0.29) is 11.9 Å². The predicted octanol–water partition coefficient (Wildman–Crippen LogP) is 0.937. The monoisotopic (exact) mass is 228 g/mol. The highest BCUT2D eigenvalue weighted by atomic mass is 16.2. The molecule has 2 unspecified atom stereocenters. The van der Waals surface area contributed by atoms with Gasteiger partial charge in [0.05, 0.1) is 6.04 Å². The molecule has 2 atom stereocenters. The van der Waals surface area contributed by atoms with Crippen molar-refractivity contribution >= 4 is 11.9 Å². The molecule has 0 aliphatic carbocycles. The molecule has 1 aromatic rings. The number of amidine groups is 1. The Morgan fingerprint density at radius 2 is 2.41 bits per heavy atom. The zero-order chi connectivity index (χ0) is 12.4. The lowest BCUT2D eigenvalue weighted by Crippen LogP contribution is -2.39. The maximum Gasteiger partial charge on any atom is 0.347 e. The van der Waals surface area contributed by atoms with E-state index in [9.17, 15) is 4.79 Å². The third-order valence-electron chi connectivity index (χ3n) is 2.66. The van der Waals surface area contributed by atoms with E-state index in [0.717, 1.165) is 5.56 Å². The van der Waals surface area contributed by atoms with E-state index in [1.165, 1.54) is 4.90 Å². The number of hydrogen-bond acceptors (Lipinski definition) is 3. The zero-order valence-corrected chi connectivity index (χ0v) is 9.37. The van der Waals surface area contributed by atoms with Crippen LogP contribution in [0.2, 0.25) is 0 Å². The molecule has 2 N–H and O–H groups in total. The average Bonchev–Trinajstić information content (AvgIpc) is 2.64. The summed E-state index contributed by atoms with van der Waals surface area (Å²) >= 11 is 0. The summed E-state index contributed by atoms with van der Waals surface area (Å²) in [5.41, 5.74) is 6.58. The smallest absolute Gasteiger partial charge is 0.347 e. The Morgan fingerprint density at radius 1 is 1.65 bits per heavy atom. The molecule has 0 saturated carbocycles. The summed E-state index contributed by atoms with van der Waals surface area (Å²) in [6, 6.07) is 2.44. The number of nitrogens with zero attached hydrogens (tertiary/aromatic N) is 3. The first-order valence-electron chi connectivity index (χ1n) is 5.17. The Balaban J connectivity index is 2.41. The third-order valence-corrected chi connectivity index (χ3v) is 2.66. The summed E-state index contributed by atoms with van der Waals surface area (Å²) in [5, 5.41) is 0. The van der Waals surface area contributed by atoms with E-state index in [1.807, 2.05) is 6.07 Å². The van der Waals surface area contributed by atoms with Crippen LogP contribution in [0.3, 0.4) is 0 Å². The number of nitrogens with two attached hydrogens (primary N) is 1. The van der Waals surface area contributed by atoms with Crippen molar-refractivity contribution in [3.8, 4) is 12.3 Å². The molecule has 0 spiro atoms. The van der Waals surface area contributed by atoms with Crippen molar-refractivity contribution in [1.82, 2.24) is 9.88 Å². The van der Waals surface area contributed by atoms with Crippen LogP contribution in [0, 0.1) is 12.3 Å². The van der Waals surface area contributed by atoms with E-state index < -0.39 is 12.1 Å². The third kappa shape index (κ3) is 1.85. The van der Waals surface area contributed by atoms with Crippen LogP contribution in [0.5, 0.6) is 0 Å². The number of carbonyl (C=O) groups excluding carboxylic acids is 1. The molecule has 2 amide bonds. The van der Waals surface area contributed by atoms with Gasteiger partial charge >= 0.3 is 6.03 Å². The van der Waals surface area contributed by atoms with Crippen molar-refractivity contribution in [2.75, 3.05) is 0 Å². The van der Waals surface area contributed by atoms with Gasteiger partial charge in [0.1, 0.15) is 11.9 Å². The summed E-state index contributed by atoms with van der Waals surface area (Å²) in [7, 11) is 0. The summed E-state index contributed by atoms with van der Waals surface area (Å²) in [6.45, 7) is 1.76. The van der Waals surface area contributed by atoms with Gasteiger partial charge in [0.2, 0.25) is 0 Å². The van der Waals surface area contributed by atoms with Crippen LogP contribution in [0.15, 0.2) is 29.5 Å². The Hall–Kier alpha value is -2.35. The van der Waals surface area contributed by atoms with E-state index >= 15 is 0 Å². The highest BCUT2D eigenvalue weighted by Crippen LogP contribution is 2.28. The lowest BCUT2D eigenvalue weighted by molar-refractivity contribution is 0.199. The lowest BCUT2D eigenvalue weighted by Gasteiger charge is -2.26. The van der Waals surface area contributed by atoms with Crippen molar-refractivity contribution in [2.45, 2.75) is 19.0 Å². The van der Waals surface area contributed by atoms with Crippen LogP contribution in [0.25, 0.3) is 0 Å². The zero-order valence-electron chi connectivity index (χ0n) is 9.37. The molecule has 0 fully saturated rings. The van der Waals surface area contributed by atoms with Gasteiger partial charge in [-0.1, -0.05) is 12.0 Å². The molecule has 17 heavy (non-hydrogen) atoms. The summed E-state index contributed by atoms with van der Waals surface area (Å²) < 4.78 is 0. The van der Waals surface area contributed by atoms with Crippen LogP contribution in [0.4, 0.5) is 4.79 Å². The molecule has 1 aliphatic heterocycles. The van der Waals surface area contributed by atoms with Crippen LogP contribution in [-0.2, 0) is 0 Å². The maximum atomic E-state index is 11.7. The van der Waals surface area contributed by atoms with Crippen molar-refractivity contribution in [3.05, 3.63) is 30.1 Å². The minimum absolute atomic E-state index is 0.255. The molecule has 5 nitrogen and oxygen atoms in total. The van der Waals surface area contributed by atoms with Gasteiger partial charge in [0.25, 0.3) is 0 Å². The largest absolute Gasteiger partial charge is 0.385 e.